The minimum absolute atomic E-state index is 0.0766. The number of amides is 1. The van der Waals surface area contributed by atoms with E-state index in [0.29, 0.717) is 17.0 Å². The number of ether oxygens (including phenoxy) is 1. The topological polar surface area (TPSA) is 58.6 Å². The van der Waals surface area contributed by atoms with Crippen molar-refractivity contribution in [2.24, 2.45) is 0 Å². The monoisotopic (exact) mass is 243 g/mol. The Hall–Kier alpha value is -1.07. The van der Waals surface area contributed by atoms with Crippen LogP contribution < -0.4 is 10.1 Å². The highest BCUT2D eigenvalue weighted by atomic mass is 32.1. The van der Waals surface area contributed by atoms with Crippen LogP contribution in [0.3, 0.4) is 0 Å². The minimum Gasteiger partial charge on any atom is -0.496 e. The summed E-state index contributed by atoms with van der Waals surface area (Å²) in [5.41, 5.74) is 0. The molecule has 0 spiro atoms. The first kappa shape index (κ1) is 13.0. The Kier molecular flexibility index (Phi) is 5.28. The molecule has 0 saturated heterocycles. The molecule has 2 N–H and O–H groups in total. The molecule has 0 aromatic carbocycles. The second kappa shape index (κ2) is 6.50. The summed E-state index contributed by atoms with van der Waals surface area (Å²) in [4.78, 5) is 12.4. The lowest BCUT2D eigenvalue weighted by molar-refractivity contribution is 0.0940. The summed E-state index contributed by atoms with van der Waals surface area (Å²) >= 11 is 1.36. The molecule has 1 amide bonds. The molecular weight excluding hydrogens is 226 g/mol. The molecule has 0 aliphatic heterocycles. The zero-order chi connectivity index (χ0) is 12.0. The van der Waals surface area contributed by atoms with E-state index >= 15 is 0 Å². The molecule has 5 heteroatoms. The van der Waals surface area contributed by atoms with Crippen LogP contribution in [0.5, 0.6) is 5.75 Å². The Bertz CT molecular complexity index is 338. The third kappa shape index (κ3) is 3.83. The van der Waals surface area contributed by atoms with Crippen molar-refractivity contribution >= 4 is 17.2 Å². The summed E-state index contributed by atoms with van der Waals surface area (Å²) in [7, 11) is 1.58. The molecule has 1 heterocycles. The van der Waals surface area contributed by atoms with E-state index < -0.39 is 0 Å². The molecule has 1 rings (SSSR count). The Morgan fingerprint density at radius 1 is 1.69 bits per heavy atom. The van der Waals surface area contributed by atoms with Crippen LogP contribution in [-0.4, -0.2) is 30.8 Å². The van der Waals surface area contributed by atoms with E-state index in [0.717, 1.165) is 6.42 Å². The van der Waals surface area contributed by atoms with Crippen molar-refractivity contribution in [1.29, 1.82) is 0 Å². The molecule has 16 heavy (non-hydrogen) atoms. The van der Waals surface area contributed by atoms with Crippen molar-refractivity contribution in [3.05, 3.63) is 16.3 Å². The molecule has 0 aliphatic rings. The van der Waals surface area contributed by atoms with E-state index in [2.05, 4.69) is 5.32 Å². The number of rotatable bonds is 6. The smallest absolute Gasteiger partial charge is 0.261 e. The third-order valence-corrected chi connectivity index (χ3v) is 3.11. The molecule has 1 atom stereocenters. The van der Waals surface area contributed by atoms with Gasteiger partial charge in [0.2, 0.25) is 0 Å². The van der Waals surface area contributed by atoms with Crippen molar-refractivity contribution in [2.75, 3.05) is 13.7 Å². The van der Waals surface area contributed by atoms with E-state index in [-0.39, 0.29) is 18.6 Å². The average Bonchev–Trinajstić information content (AvgIpc) is 2.74. The van der Waals surface area contributed by atoms with Gasteiger partial charge in [-0.1, -0.05) is 0 Å². The molecule has 0 bridgehead atoms. The fourth-order valence-electron chi connectivity index (χ4n) is 1.31. The van der Waals surface area contributed by atoms with Crippen LogP contribution >= 0.6 is 11.3 Å². The number of nitrogens with one attached hydrogen (secondary N) is 1. The number of aliphatic hydroxyl groups is 1. The van der Waals surface area contributed by atoms with Crippen LogP contribution in [-0.2, 0) is 0 Å². The Morgan fingerprint density at radius 2 is 2.44 bits per heavy atom. The van der Waals surface area contributed by atoms with Gasteiger partial charge in [0.25, 0.3) is 5.91 Å². The minimum atomic E-state index is -0.0845. The summed E-state index contributed by atoms with van der Waals surface area (Å²) in [6.07, 6.45) is 1.49. The van der Waals surface area contributed by atoms with Crippen LogP contribution in [0.25, 0.3) is 0 Å². The lowest BCUT2D eigenvalue weighted by Crippen LogP contribution is -2.32. The van der Waals surface area contributed by atoms with Crippen molar-refractivity contribution in [1.82, 2.24) is 5.32 Å². The van der Waals surface area contributed by atoms with E-state index in [9.17, 15) is 4.79 Å². The number of hydrogen-bond donors (Lipinski definition) is 2. The fraction of sp³-hybridized carbons (Fsp3) is 0.545. The maximum Gasteiger partial charge on any atom is 0.261 e. The molecule has 0 fully saturated rings. The lowest BCUT2D eigenvalue weighted by atomic mass is 10.2. The van der Waals surface area contributed by atoms with Gasteiger partial charge in [-0.15, -0.1) is 11.3 Å². The molecule has 0 aliphatic carbocycles. The second-order valence-electron chi connectivity index (χ2n) is 3.59. The summed E-state index contributed by atoms with van der Waals surface area (Å²) in [5.74, 6) is 0.622. The van der Waals surface area contributed by atoms with Gasteiger partial charge in [-0.25, -0.2) is 0 Å². The van der Waals surface area contributed by atoms with Gasteiger partial charge in [0.05, 0.1) is 12.0 Å². The Morgan fingerprint density at radius 3 is 3.00 bits per heavy atom. The van der Waals surface area contributed by atoms with Crippen LogP contribution in [0.15, 0.2) is 11.4 Å². The van der Waals surface area contributed by atoms with Gasteiger partial charge >= 0.3 is 0 Å². The van der Waals surface area contributed by atoms with Gasteiger partial charge in [0.15, 0.2) is 0 Å². The van der Waals surface area contributed by atoms with Gasteiger partial charge in [-0.3, -0.25) is 4.79 Å². The van der Waals surface area contributed by atoms with Crippen molar-refractivity contribution in [3.63, 3.8) is 0 Å². The van der Waals surface area contributed by atoms with Gasteiger partial charge in [0.1, 0.15) is 5.75 Å². The Balaban J connectivity index is 2.45. The Labute approximate surface area is 99.2 Å². The highest BCUT2D eigenvalue weighted by Gasteiger charge is 2.12. The lowest BCUT2D eigenvalue weighted by Gasteiger charge is -2.11. The molecule has 90 valence electrons. The molecular formula is C11H17NO3S. The maximum absolute atomic E-state index is 11.7. The van der Waals surface area contributed by atoms with Crippen molar-refractivity contribution in [2.45, 2.75) is 25.8 Å². The normalized spacial score (nSPS) is 12.2. The predicted molar refractivity (Wildman–Crippen MR) is 64.1 cm³/mol. The molecule has 0 saturated carbocycles. The van der Waals surface area contributed by atoms with Crippen LogP contribution in [0.2, 0.25) is 0 Å². The maximum atomic E-state index is 11.7. The highest BCUT2D eigenvalue weighted by molar-refractivity contribution is 7.12. The number of methoxy groups -OCH3 is 1. The van der Waals surface area contributed by atoms with Crippen molar-refractivity contribution < 1.29 is 14.6 Å². The second-order valence-corrected chi connectivity index (χ2v) is 4.50. The first-order valence-corrected chi connectivity index (χ1v) is 6.09. The number of carbonyl (C=O) groups excluding carboxylic acids is 1. The SMILES string of the molecule is COc1csc(C(=O)NC(C)CCCO)c1. The largest absolute Gasteiger partial charge is 0.496 e. The zero-order valence-electron chi connectivity index (χ0n) is 9.53. The van der Waals surface area contributed by atoms with Crippen LogP contribution in [0.1, 0.15) is 29.4 Å². The van der Waals surface area contributed by atoms with Gasteiger partial charge in [-0.2, -0.15) is 0 Å². The molecule has 0 radical (unpaired) electrons. The standard InChI is InChI=1S/C11H17NO3S/c1-8(4-3-5-13)12-11(14)10-6-9(15-2)7-16-10/h6-8,13H,3-5H2,1-2H3,(H,12,14). The van der Waals surface area contributed by atoms with Gasteiger partial charge in [0, 0.05) is 24.1 Å². The highest BCUT2D eigenvalue weighted by Crippen LogP contribution is 2.20. The first-order chi connectivity index (χ1) is 7.67. The van der Waals surface area contributed by atoms with E-state index in [1.807, 2.05) is 6.92 Å². The van der Waals surface area contributed by atoms with E-state index in [4.69, 9.17) is 9.84 Å². The van der Waals surface area contributed by atoms with E-state index in [1.165, 1.54) is 11.3 Å². The summed E-state index contributed by atoms with van der Waals surface area (Å²) in [6, 6.07) is 1.80. The van der Waals surface area contributed by atoms with Crippen molar-refractivity contribution in [3.8, 4) is 5.75 Å². The molecule has 1 unspecified atom stereocenters. The fourth-order valence-corrected chi connectivity index (χ4v) is 2.07. The summed E-state index contributed by atoms with van der Waals surface area (Å²) < 4.78 is 5.01. The van der Waals surface area contributed by atoms with Crippen LogP contribution in [0.4, 0.5) is 0 Å². The number of aliphatic hydroxyl groups excluding tert-OH is 1. The molecule has 1 aromatic heterocycles. The summed E-state index contributed by atoms with van der Waals surface area (Å²) in [5, 5.41) is 13.3. The van der Waals surface area contributed by atoms with Gasteiger partial charge < -0.3 is 15.2 Å². The van der Waals surface area contributed by atoms with Crippen LogP contribution in [0, 0.1) is 0 Å². The number of carbonyl (C=O) groups is 1. The van der Waals surface area contributed by atoms with E-state index in [1.54, 1.807) is 18.6 Å². The summed E-state index contributed by atoms with van der Waals surface area (Å²) in [6.45, 7) is 2.09. The number of hydrogen-bond acceptors (Lipinski definition) is 4. The van der Waals surface area contributed by atoms with Gasteiger partial charge in [-0.05, 0) is 19.8 Å². The third-order valence-electron chi connectivity index (χ3n) is 2.21. The molecule has 4 nitrogen and oxygen atoms in total. The molecule has 1 aromatic rings. The average molecular weight is 243 g/mol. The first-order valence-electron chi connectivity index (χ1n) is 5.21. The zero-order valence-corrected chi connectivity index (χ0v) is 10.3. The quantitative estimate of drug-likeness (QED) is 0.798. The number of thiophene rings is 1. The predicted octanol–water partition coefficient (Wildman–Crippen LogP) is 1.65.